The van der Waals surface area contributed by atoms with Gasteiger partial charge in [-0.05, 0) is 35.9 Å². The Morgan fingerprint density at radius 2 is 1.42 bits per heavy atom. The zero-order chi connectivity index (χ0) is 25.3. The summed E-state index contributed by atoms with van der Waals surface area (Å²) < 4.78 is 39.7. The number of carbonyl (C=O) groups is 1. The van der Waals surface area contributed by atoms with Crippen LogP contribution in [0.3, 0.4) is 0 Å². The Morgan fingerprint density at radius 3 is 2.06 bits per heavy atom. The van der Waals surface area contributed by atoms with E-state index in [9.17, 15) is 22.8 Å². The van der Waals surface area contributed by atoms with E-state index in [0.717, 1.165) is 17.7 Å². The molecule has 1 aromatic heterocycles. The number of amides is 1. The van der Waals surface area contributed by atoms with Crippen LogP contribution in [0.4, 0.5) is 13.2 Å². The molecule has 0 saturated carbocycles. The van der Waals surface area contributed by atoms with Crippen molar-refractivity contribution in [3.63, 3.8) is 0 Å². The molecule has 4 aromatic rings. The van der Waals surface area contributed by atoms with Gasteiger partial charge in [0.15, 0.2) is 5.69 Å². The summed E-state index contributed by atoms with van der Waals surface area (Å²) in [6, 6.07) is 21.1. The minimum atomic E-state index is -4.36. The van der Waals surface area contributed by atoms with Crippen molar-refractivity contribution >= 4 is 16.7 Å². The number of aromatic nitrogens is 2. The SMILES string of the molecule is O=C(c1nn(-c2ccccc2)c(=O)c2ccccc12)N1CCN(Cc2ccc(C(F)(F)F)cc2)CC1. The minimum absolute atomic E-state index is 0.213. The molecular formula is C27H23F3N4O2. The maximum Gasteiger partial charge on any atom is 0.416 e. The molecule has 6 nitrogen and oxygen atoms in total. The second kappa shape index (κ2) is 9.58. The van der Waals surface area contributed by atoms with Crippen LogP contribution in [-0.4, -0.2) is 51.7 Å². The number of para-hydroxylation sites is 1. The molecule has 2 heterocycles. The predicted molar refractivity (Wildman–Crippen MR) is 130 cm³/mol. The molecule has 1 amide bonds. The number of carbonyl (C=O) groups excluding carboxylic acids is 1. The van der Waals surface area contributed by atoms with Crippen LogP contribution in [0.5, 0.6) is 0 Å². The third kappa shape index (κ3) is 4.74. The van der Waals surface area contributed by atoms with Gasteiger partial charge in [-0.15, -0.1) is 0 Å². The highest BCUT2D eigenvalue weighted by molar-refractivity contribution is 6.04. The van der Waals surface area contributed by atoms with Gasteiger partial charge in [-0.25, -0.2) is 0 Å². The first-order valence-electron chi connectivity index (χ1n) is 11.6. The van der Waals surface area contributed by atoms with Gasteiger partial charge in [-0.2, -0.15) is 23.0 Å². The highest BCUT2D eigenvalue weighted by Gasteiger charge is 2.30. The van der Waals surface area contributed by atoms with Gasteiger partial charge in [-0.3, -0.25) is 14.5 Å². The number of hydrogen-bond acceptors (Lipinski definition) is 4. The predicted octanol–water partition coefficient (Wildman–Crippen LogP) is 4.36. The van der Waals surface area contributed by atoms with Crippen LogP contribution in [-0.2, 0) is 12.7 Å². The van der Waals surface area contributed by atoms with Crippen LogP contribution in [0, 0.1) is 0 Å². The Kier molecular flexibility index (Phi) is 6.32. The zero-order valence-corrected chi connectivity index (χ0v) is 19.3. The highest BCUT2D eigenvalue weighted by atomic mass is 19.4. The molecule has 9 heteroatoms. The Hall–Kier alpha value is -3.98. The maximum atomic E-state index is 13.5. The molecule has 1 aliphatic rings. The Morgan fingerprint density at radius 1 is 0.806 bits per heavy atom. The van der Waals surface area contributed by atoms with Crippen molar-refractivity contribution in [1.29, 1.82) is 0 Å². The molecule has 5 rings (SSSR count). The van der Waals surface area contributed by atoms with Gasteiger partial charge in [0.1, 0.15) is 0 Å². The summed E-state index contributed by atoms with van der Waals surface area (Å²) in [6.07, 6.45) is -4.36. The average Bonchev–Trinajstić information content (AvgIpc) is 2.89. The summed E-state index contributed by atoms with van der Waals surface area (Å²) in [7, 11) is 0. The smallest absolute Gasteiger partial charge is 0.335 e. The van der Waals surface area contributed by atoms with E-state index in [0.29, 0.717) is 49.2 Å². The molecule has 0 bridgehead atoms. The molecule has 1 saturated heterocycles. The lowest BCUT2D eigenvalue weighted by molar-refractivity contribution is -0.137. The molecule has 184 valence electrons. The molecular weight excluding hydrogens is 469 g/mol. The van der Waals surface area contributed by atoms with Crippen molar-refractivity contribution in [1.82, 2.24) is 19.6 Å². The molecule has 1 fully saturated rings. The van der Waals surface area contributed by atoms with E-state index in [-0.39, 0.29) is 17.2 Å². The molecule has 3 aromatic carbocycles. The average molecular weight is 493 g/mol. The molecule has 36 heavy (non-hydrogen) atoms. The largest absolute Gasteiger partial charge is 0.416 e. The fourth-order valence-corrected chi connectivity index (χ4v) is 4.41. The zero-order valence-electron chi connectivity index (χ0n) is 19.3. The molecule has 0 atom stereocenters. The van der Waals surface area contributed by atoms with Gasteiger partial charge >= 0.3 is 6.18 Å². The normalized spacial score (nSPS) is 14.8. The summed E-state index contributed by atoms with van der Waals surface area (Å²) in [5.74, 6) is -0.259. The van der Waals surface area contributed by atoms with E-state index in [4.69, 9.17) is 0 Å². The van der Waals surface area contributed by atoms with E-state index in [2.05, 4.69) is 10.00 Å². The fourth-order valence-electron chi connectivity index (χ4n) is 4.41. The monoisotopic (exact) mass is 492 g/mol. The fraction of sp³-hybridized carbons (Fsp3) is 0.222. The third-order valence-electron chi connectivity index (χ3n) is 6.36. The first kappa shape index (κ1) is 23.7. The number of halogens is 3. The summed E-state index contributed by atoms with van der Waals surface area (Å²) in [4.78, 5) is 30.4. The third-order valence-corrected chi connectivity index (χ3v) is 6.36. The van der Waals surface area contributed by atoms with Crippen LogP contribution in [0.15, 0.2) is 83.7 Å². The summed E-state index contributed by atoms with van der Waals surface area (Å²) in [5.41, 5.74) is 0.604. The second-order valence-electron chi connectivity index (χ2n) is 8.71. The van der Waals surface area contributed by atoms with E-state index in [1.165, 1.54) is 16.8 Å². The van der Waals surface area contributed by atoms with Crippen molar-refractivity contribution in [2.24, 2.45) is 0 Å². The summed E-state index contributed by atoms with van der Waals surface area (Å²) >= 11 is 0. The van der Waals surface area contributed by atoms with E-state index < -0.39 is 11.7 Å². The quantitative estimate of drug-likeness (QED) is 0.425. The molecule has 0 spiro atoms. The van der Waals surface area contributed by atoms with Crippen LogP contribution in [0.25, 0.3) is 16.5 Å². The number of piperazine rings is 1. The van der Waals surface area contributed by atoms with Gasteiger partial charge in [0.2, 0.25) is 0 Å². The number of alkyl halides is 3. The van der Waals surface area contributed by atoms with E-state index in [1.807, 2.05) is 6.07 Å². The topological polar surface area (TPSA) is 58.4 Å². The van der Waals surface area contributed by atoms with Crippen molar-refractivity contribution in [2.45, 2.75) is 12.7 Å². The Bertz CT molecular complexity index is 1440. The Labute approximate surface area is 205 Å². The number of rotatable bonds is 4. The van der Waals surface area contributed by atoms with Crippen LogP contribution >= 0.6 is 0 Å². The summed E-state index contributed by atoms with van der Waals surface area (Å²) in [5, 5.41) is 5.39. The van der Waals surface area contributed by atoms with Gasteiger partial charge in [0, 0.05) is 38.1 Å². The molecule has 0 aliphatic carbocycles. The van der Waals surface area contributed by atoms with Crippen molar-refractivity contribution in [3.05, 3.63) is 106 Å². The Balaban J connectivity index is 1.34. The molecule has 0 radical (unpaired) electrons. The number of nitrogens with zero attached hydrogens (tertiary/aromatic N) is 4. The van der Waals surface area contributed by atoms with Gasteiger partial charge in [-0.1, -0.05) is 48.5 Å². The van der Waals surface area contributed by atoms with Gasteiger partial charge in [0.25, 0.3) is 11.5 Å². The maximum absolute atomic E-state index is 13.5. The first-order chi connectivity index (χ1) is 17.3. The second-order valence-corrected chi connectivity index (χ2v) is 8.71. The lowest BCUT2D eigenvalue weighted by Gasteiger charge is -2.34. The highest BCUT2D eigenvalue weighted by Crippen LogP contribution is 2.29. The molecule has 0 N–H and O–H groups in total. The number of benzene rings is 3. The van der Waals surface area contributed by atoms with Crippen molar-refractivity contribution < 1.29 is 18.0 Å². The van der Waals surface area contributed by atoms with E-state index in [1.54, 1.807) is 53.4 Å². The number of fused-ring (bicyclic) bond motifs is 1. The van der Waals surface area contributed by atoms with Crippen LogP contribution in [0.1, 0.15) is 21.6 Å². The minimum Gasteiger partial charge on any atom is -0.335 e. The standard InChI is InChI=1S/C27H23F3N4O2/c28-27(29,30)20-12-10-19(11-13-20)18-32-14-16-33(17-15-32)26(36)24-22-8-4-5-9-23(22)25(35)34(31-24)21-6-2-1-3-7-21/h1-13H,14-18H2. The van der Waals surface area contributed by atoms with Crippen LogP contribution in [0.2, 0.25) is 0 Å². The van der Waals surface area contributed by atoms with Crippen molar-refractivity contribution in [3.8, 4) is 5.69 Å². The van der Waals surface area contributed by atoms with Crippen molar-refractivity contribution in [2.75, 3.05) is 26.2 Å². The lowest BCUT2D eigenvalue weighted by Crippen LogP contribution is -2.48. The number of hydrogen-bond donors (Lipinski definition) is 0. The van der Waals surface area contributed by atoms with Gasteiger partial charge < -0.3 is 4.90 Å². The first-order valence-corrected chi connectivity index (χ1v) is 11.6. The van der Waals surface area contributed by atoms with Crippen LogP contribution < -0.4 is 5.56 Å². The van der Waals surface area contributed by atoms with E-state index >= 15 is 0 Å². The molecule has 0 unspecified atom stereocenters. The summed E-state index contributed by atoms with van der Waals surface area (Å²) in [6.45, 7) is 2.53. The molecule has 1 aliphatic heterocycles. The van der Waals surface area contributed by atoms with Gasteiger partial charge in [0.05, 0.1) is 16.6 Å². The lowest BCUT2D eigenvalue weighted by atomic mass is 10.1.